The third kappa shape index (κ3) is 4.05. The van der Waals surface area contributed by atoms with E-state index in [4.69, 9.17) is 0 Å². The highest BCUT2D eigenvalue weighted by Gasteiger charge is 2.18. The first-order chi connectivity index (χ1) is 16.2. The van der Waals surface area contributed by atoms with Crippen molar-refractivity contribution in [3.63, 3.8) is 0 Å². The second kappa shape index (κ2) is 8.47. The van der Waals surface area contributed by atoms with Crippen LogP contribution in [0.25, 0.3) is 33.2 Å². The molecular weight excluding hydrogens is 442 g/mol. The lowest BCUT2D eigenvalue weighted by molar-refractivity contribution is 0.0676. The highest BCUT2D eigenvalue weighted by Crippen LogP contribution is 2.36. The van der Waals surface area contributed by atoms with Crippen LogP contribution in [0.5, 0.6) is 0 Å². The van der Waals surface area contributed by atoms with Gasteiger partial charge < -0.3 is 20.4 Å². The Morgan fingerprint density at radius 3 is 1.41 bits per heavy atom. The van der Waals surface area contributed by atoms with E-state index in [-0.39, 0.29) is 22.3 Å². The second-order valence-electron chi connectivity index (χ2n) is 7.38. The van der Waals surface area contributed by atoms with E-state index >= 15 is 0 Å². The van der Waals surface area contributed by atoms with E-state index in [0.717, 1.165) is 12.1 Å². The molecule has 0 amide bonds. The standard InChI is InChI=1S/C25H15NO8/c27-22(28)14-6-12(7-15(10-14)23(29)30)18-3-4-19(21-20(18)2-1-5-26-21)13-8-16(24(31)32)11-17(9-13)25(33)34/h1-11H,(H,27,28)(H,29,30)(H,31,32)(H,33,34). The minimum atomic E-state index is -1.29. The van der Waals surface area contributed by atoms with Gasteiger partial charge in [0, 0.05) is 17.1 Å². The number of carboxylic acid groups (broad SMARTS) is 4. The average Bonchev–Trinajstić information content (AvgIpc) is 2.82. The van der Waals surface area contributed by atoms with Crippen molar-refractivity contribution < 1.29 is 39.6 Å². The van der Waals surface area contributed by atoms with Crippen LogP contribution in [-0.2, 0) is 0 Å². The lowest BCUT2D eigenvalue weighted by Gasteiger charge is -2.13. The fourth-order valence-electron chi connectivity index (χ4n) is 3.72. The van der Waals surface area contributed by atoms with Gasteiger partial charge in [-0.3, -0.25) is 4.98 Å². The number of hydrogen-bond donors (Lipinski definition) is 4. The van der Waals surface area contributed by atoms with Crippen LogP contribution >= 0.6 is 0 Å². The lowest BCUT2D eigenvalue weighted by atomic mass is 9.92. The molecule has 4 N–H and O–H groups in total. The number of nitrogens with zero attached hydrogens (tertiary/aromatic N) is 1. The summed E-state index contributed by atoms with van der Waals surface area (Å²) in [6.45, 7) is 0. The van der Waals surface area contributed by atoms with Crippen molar-refractivity contribution in [1.29, 1.82) is 0 Å². The first-order valence-corrected chi connectivity index (χ1v) is 9.77. The van der Waals surface area contributed by atoms with Gasteiger partial charge in [0.05, 0.1) is 27.8 Å². The molecule has 9 heteroatoms. The molecule has 4 aromatic rings. The Morgan fingerprint density at radius 2 is 0.971 bits per heavy atom. The fraction of sp³-hybridized carbons (Fsp3) is 0. The number of rotatable bonds is 6. The van der Waals surface area contributed by atoms with Gasteiger partial charge in [-0.1, -0.05) is 18.2 Å². The summed E-state index contributed by atoms with van der Waals surface area (Å²) in [5.74, 6) is -5.14. The summed E-state index contributed by atoms with van der Waals surface area (Å²) in [5, 5.41) is 38.2. The van der Waals surface area contributed by atoms with Crippen LogP contribution in [-0.4, -0.2) is 49.3 Å². The molecule has 0 spiro atoms. The van der Waals surface area contributed by atoms with Crippen molar-refractivity contribution in [2.24, 2.45) is 0 Å². The zero-order chi connectivity index (χ0) is 24.6. The quantitative estimate of drug-likeness (QED) is 0.329. The van der Waals surface area contributed by atoms with Gasteiger partial charge in [-0.15, -0.1) is 0 Å². The van der Waals surface area contributed by atoms with E-state index < -0.39 is 23.9 Å². The van der Waals surface area contributed by atoms with Gasteiger partial charge in [-0.25, -0.2) is 19.2 Å². The van der Waals surface area contributed by atoms with Crippen LogP contribution < -0.4 is 0 Å². The molecule has 0 atom stereocenters. The van der Waals surface area contributed by atoms with Crippen molar-refractivity contribution in [3.05, 3.63) is 89.1 Å². The first-order valence-electron chi connectivity index (χ1n) is 9.77. The third-order valence-corrected chi connectivity index (χ3v) is 5.25. The molecule has 34 heavy (non-hydrogen) atoms. The Bertz CT molecular complexity index is 1340. The lowest BCUT2D eigenvalue weighted by Crippen LogP contribution is -2.04. The number of carbonyl (C=O) groups is 4. The topological polar surface area (TPSA) is 162 Å². The highest BCUT2D eigenvalue weighted by molar-refractivity contribution is 6.06. The van der Waals surface area contributed by atoms with Gasteiger partial charge in [0.2, 0.25) is 0 Å². The Morgan fingerprint density at radius 1 is 0.559 bits per heavy atom. The summed E-state index contributed by atoms with van der Waals surface area (Å²) in [4.78, 5) is 50.5. The van der Waals surface area contributed by atoms with Crippen LogP contribution in [0.15, 0.2) is 66.9 Å². The Labute approximate surface area is 191 Å². The highest BCUT2D eigenvalue weighted by atomic mass is 16.4. The monoisotopic (exact) mass is 457 g/mol. The maximum absolute atomic E-state index is 11.5. The predicted octanol–water partition coefficient (Wildman–Crippen LogP) is 4.36. The Hall–Kier alpha value is -5.05. The molecule has 3 aromatic carbocycles. The van der Waals surface area contributed by atoms with E-state index in [1.54, 1.807) is 24.3 Å². The smallest absolute Gasteiger partial charge is 0.335 e. The third-order valence-electron chi connectivity index (χ3n) is 5.25. The minimum Gasteiger partial charge on any atom is -0.478 e. The van der Waals surface area contributed by atoms with Gasteiger partial charge in [0.1, 0.15) is 0 Å². The number of fused-ring (bicyclic) bond motifs is 1. The molecule has 0 fully saturated rings. The van der Waals surface area contributed by atoms with Crippen LogP contribution in [0.2, 0.25) is 0 Å². The van der Waals surface area contributed by atoms with Crippen molar-refractivity contribution >= 4 is 34.8 Å². The van der Waals surface area contributed by atoms with Crippen molar-refractivity contribution in [3.8, 4) is 22.3 Å². The molecule has 9 nitrogen and oxygen atoms in total. The van der Waals surface area contributed by atoms with E-state index in [1.807, 2.05) is 0 Å². The minimum absolute atomic E-state index is 0.198. The van der Waals surface area contributed by atoms with Gasteiger partial charge in [-0.05, 0) is 59.2 Å². The number of carboxylic acids is 4. The molecule has 1 aromatic heterocycles. The summed E-state index contributed by atoms with van der Waals surface area (Å²) in [5.41, 5.74) is 1.21. The number of aromatic nitrogens is 1. The zero-order valence-electron chi connectivity index (χ0n) is 17.2. The number of aromatic carboxylic acids is 4. The molecule has 0 saturated carbocycles. The molecule has 168 valence electrons. The number of pyridine rings is 1. The molecule has 0 aliphatic rings. The van der Waals surface area contributed by atoms with Gasteiger partial charge in [0.15, 0.2) is 0 Å². The summed E-state index contributed by atoms with van der Waals surface area (Å²) in [7, 11) is 0. The SMILES string of the molecule is O=C(O)c1cc(C(=O)O)cc(-c2ccc(-c3cc(C(=O)O)cc(C(=O)O)c3)c3ncccc23)c1. The molecule has 0 aliphatic heterocycles. The average molecular weight is 457 g/mol. The van der Waals surface area contributed by atoms with Gasteiger partial charge in [0.25, 0.3) is 0 Å². The number of benzene rings is 3. The summed E-state index contributed by atoms with van der Waals surface area (Å²) in [6, 6.07) is 14.1. The summed E-state index contributed by atoms with van der Waals surface area (Å²) >= 11 is 0. The first kappa shape index (κ1) is 22.2. The molecule has 0 bridgehead atoms. The van der Waals surface area contributed by atoms with Crippen LogP contribution in [0.1, 0.15) is 41.4 Å². The molecule has 0 aliphatic carbocycles. The molecule has 4 rings (SSSR count). The molecule has 0 saturated heterocycles. The van der Waals surface area contributed by atoms with E-state index in [9.17, 15) is 39.6 Å². The summed E-state index contributed by atoms with van der Waals surface area (Å²) < 4.78 is 0. The molecule has 1 heterocycles. The molecular formula is C25H15NO8. The van der Waals surface area contributed by atoms with Gasteiger partial charge in [-0.2, -0.15) is 0 Å². The Balaban J connectivity index is 2.00. The fourth-order valence-corrected chi connectivity index (χ4v) is 3.72. The predicted molar refractivity (Wildman–Crippen MR) is 120 cm³/mol. The van der Waals surface area contributed by atoms with Crippen molar-refractivity contribution in [2.45, 2.75) is 0 Å². The molecule has 0 radical (unpaired) electrons. The van der Waals surface area contributed by atoms with Crippen molar-refractivity contribution in [1.82, 2.24) is 4.98 Å². The van der Waals surface area contributed by atoms with Crippen LogP contribution in [0.4, 0.5) is 0 Å². The van der Waals surface area contributed by atoms with E-state index in [0.29, 0.717) is 33.2 Å². The van der Waals surface area contributed by atoms with Crippen molar-refractivity contribution in [2.75, 3.05) is 0 Å². The van der Waals surface area contributed by atoms with E-state index in [1.165, 1.54) is 30.5 Å². The van der Waals surface area contributed by atoms with E-state index in [2.05, 4.69) is 4.98 Å². The zero-order valence-corrected chi connectivity index (χ0v) is 17.2. The second-order valence-corrected chi connectivity index (χ2v) is 7.38. The van der Waals surface area contributed by atoms with Crippen LogP contribution in [0.3, 0.4) is 0 Å². The largest absolute Gasteiger partial charge is 0.478 e. The summed E-state index contributed by atoms with van der Waals surface area (Å²) in [6.07, 6.45) is 1.51. The molecule has 0 unspecified atom stereocenters. The normalized spacial score (nSPS) is 10.7. The van der Waals surface area contributed by atoms with Crippen LogP contribution in [0, 0.1) is 0 Å². The maximum atomic E-state index is 11.5. The Kier molecular flexibility index (Phi) is 5.52. The number of hydrogen-bond acceptors (Lipinski definition) is 5. The maximum Gasteiger partial charge on any atom is 0.335 e. The van der Waals surface area contributed by atoms with Gasteiger partial charge >= 0.3 is 23.9 Å².